The van der Waals surface area contributed by atoms with E-state index in [0.717, 1.165) is 48.2 Å². The number of carbonyl (C=O) groups excluding carboxylic acids is 1. The third-order valence-electron chi connectivity index (χ3n) is 4.22. The first kappa shape index (κ1) is 18.0. The monoisotopic (exact) mass is 362 g/mol. The lowest BCUT2D eigenvalue weighted by Crippen LogP contribution is -2.17. The Bertz CT molecular complexity index is 708. The smallest absolute Gasteiger partial charge is 0.337 e. The van der Waals surface area contributed by atoms with Gasteiger partial charge in [-0.05, 0) is 30.5 Å². The zero-order valence-electron chi connectivity index (χ0n) is 14.2. The Morgan fingerprint density at radius 2 is 2.24 bits per heavy atom. The highest BCUT2D eigenvalue weighted by atomic mass is 32.2. The molecule has 6 nitrogen and oxygen atoms in total. The Labute approximate surface area is 151 Å². The van der Waals surface area contributed by atoms with Gasteiger partial charge in [-0.2, -0.15) is 0 Å². The van der Waals surface area contributed by atoms with Crippen LogP contribution >= 0.6 is 11.8 Å². The fraction of sp³-hybridized carbons (Fsp3) is 0.444. The van der Waals surface area contributed by atoms with Crippen LogP contribution in [0.1, 0.15) is 34.5 Å². The maximum absolute atomic E-state index is 11.5. The zero-order valence-corrected chi connectivity index (χ0v) is 15.0. The second-order valence-electron chi connectivity index (χ2n) is 5.91. The molecule has 0 amide bonds. The first-order chi connectivity index (χ1) is 12.2. The van der Waals surface area contributed by atoms with Crippen LogP contribution in [0.25, 0.3) is 0 Å². The number of esters is 1. The minimum atomic E-state index is -0.334. The summed E-state index contributed by atoms with van der Waals surface area (Å²) < 4.78 is 12.5. The average Bonchev–Trinajstić information content (AvgIpc) is 3.30. The maximum Gasteiger partial charge on any atom is 0.337 e. The first-order valence-corrected chi connectivity index (χ1v) is 9.26. The average molecular weight is 362 g/mol. The molecule has 0 bridgehead atoms. The summed E-state index contributed by atoms with van der Waals surface area (Å²) in [5.41, 5.74) is 2.44. The summed E-state index contributed by atoms with van der Waals surface area (Å²) >= 11 is 1.61. The van der Waals surface area contributed by atoms with E-state index in [1.165, 1.54) is 7.11 Å². The van der Waals surface area contributed by atoms with Crippen LogP contribution in [0.4, 0.5) is 0 Å². The standard InChI is InChI=1S/C18H22N2O4S/c1-23-17(22)14-6-4-13(5-7-14)12-25-18-19-9-15(11-21)20(18)10-16-3-2-8-24-16/h4-7,9,16,21H,2-3,8,10-12H2,1H3/t16-/m0/s1. The van der Waals surface area contributed by atoms with Crippen LogP contribution in [-0.2, 0) is 28.4 Å². The molecule has 25 heavy (non-hydrogen) atoms. The summed E-state index contributed by atoms with van der Waals surface area (Å²) in [6.45, 7) is 1.50. The first-order valence-electron chi connectivity index (χ1n) is 8.28. The Hall–Kier alpha value is -1.83. The van der Waals surface area contributed by atoms with Crippen LogP contribution in [0.15, 0.2) is 35.6 Å². The van der Waals surface area contributed by atoms with Gasteiger partial charge in [-0.1, -0.05) is 23.9 Å². The van der Waals surface area contributed by atoms with Crippen molar-refractivity contribution in [2.45, 2.75) is 43.0 Å². The summed E-state index contributed by atoms with van der Waals surface area (Å²) in [5, 5.41) is 10.4. The van der Waals surface area contributed by atoms with E-state index in [9.17, 15) is 9.90 Å². The van der Waals surface area contributed by atoms with Crippen LogP contribution < -0.4 is 0 Å². The van der Waals surface area contributed by atoms with E-state index in [-0.39, 0.29) is 18.7 Å². The lowest BCUT2D eigenvalue weighted by molar-refractivity contribution is 0.0600. The largest absolute Gasteiger partial charge is 0.465 e. The van der Waals surface area contributed by atoms with E-state index in [1.54, 1.807) is 30.1 Å². The lowest BCUT2D eigenvalue weighted by Gasteiger charge is -2.15. The second-order valence-corrected chi connectivity index (χ2v) is 6.86. The molecule has 1 fully saturated rings. The number of hydrogen-bond donors (Lipinski definition) is 1. The molecule has 1 N–H and O–H groups in total. The van der Waals surface area contributed by atoms with E-state index < -0.39 is 0 Å². The van der Waals surface area contributed by atoms with Crippen LogP contribution in [-0.4, -0.2) is 40.4 Å². The maximum atomic E-state index is 11.5. The summed E-state index contributed by atoms with van der Waals surface area (Å²) in [7, 11) is 1.37. The molecule has 0 unspecified atom stereocenters. The minimum absolute atomic E-state index is 0.0336. The van der Waals surface area contributed by atoms with E-state index in [1.807, 2.05) is 16.7 Å². The van der Waals surface area contributed by atoms with Gasteiger partial charge in [0.15, 0.2) is 5.16 Å². The molecular formula is C18H22N2O4S. The number of carbonyl (C=O) groups is 1. The van der Waals surface area contributed by atoms with E-state index >= 15 is 0 Å². The number of aliphatic hydroxyl groups excluding tert-OH is 1. The molecule has 0 spiro atoms. The Morgan fingerprint density at radius 3 is 2.88 bits per heavy atom. The molecule has 0 aliphatic carbocycles. The van der Waals surface area contributed by atoms with Gasteiger partial charge in [0.25, 0.3) is 0 Å². The van der Waals surface area contributed by atoms with E-state index in [4.69, 9.17) is 9.47 Å². The topological polar surface area (TPSA) is 73.6 Å². The van der Waals surface area contributed by atoms with Crippen molar-refractivity contribution in [3.8, 4) is 0 Å². The van der Waals surface area contributed by atoms with Crippen LogP contribution in [0, 0.1) is 0 Å². The Kier molecular flexibility index (Phi) is 6.12. The van der Waals surface area contributed by atoms with Crippen molar-refractivity contribution in [2.24, 2.45) is 0 Å². The lowest BCUT2D eigenvalue weighted by atomic mass is 10.1. The third kappa shape index (κ3) is 4.42. The molecule has 134 valence electrons. The fourth-order valence-electron chi connectivity index (χ4n) is 2.82. The summed E-state index contributed by atoms with van der Waals surface area (Å²) in [6.07, 6.45) is 4.04. The summed E-state index contributed by atoms with van der Waals surface area (Å²) in [6, 6.07) is 7.36. The van der Waals surface area contributed by atoms with Crippen LogP contribution in [0.3, 0.4) is 0 Å². The van der Waals surface area contributed by atoms with Crippen LogP contribution in [0.2, 0.25) is 0 Å². The molecule has 1 saturated heterocycles. The summed E-state index contributed by atoms with van der Waals surface area (Å²) in [4.78, 5) is 15.9. The Balaban J connectivity index is 1.66. The van der Waals surface area contributed by atoms with Crippen LogP contribution in [0.5, 0.6) is 0 Å². The number of rotatable bonds is 7. The summed E-state index contributed by atoms with van der Waals surface area (Å²) in [5.74, 6) is 0.397. The molecule has 2 heterocycles. The number of aromatic nitrogens is 2. The molecule has 3 rings (SSSR count). The van der Waals surface area contributed by atoms with Crippen molar-refractivity contribution in [1.29, 1.82) is 0 Å². The molecule has 1 aromatic carbocycles. The predicted molar refractivity (Wildman–Crippen MR) is 94.5 cm³/mol. The van der Waals surface area contributed by atoms with Crippen molar-refractivity contribution in [1.82, 2.24) is 9.55 Å². The number of ether oxygens (including phenoxy) is 2. The highest BCUT2D eigenvalue weighted by Gasteiger charge is 2.19. The number of methoxy groups -OCH3 is 1. The van der Waals surface area contributed by atoms with E-state index in [2.05, 4.69) is 4.98 Å². The van der Waals surface area contributed by atoms with Gasteiger partial charge in [-0.15, -0.1) is 0 Å². The highest BCUT2D eigenvalue weighted by molar-refractivity contribution is 7.98. The molecule has 1 aliphatic heterocycles. The second kappa shape index (κ2) is 8.51. The zero-order chi connectivity index (χ0) is 17.6. The molecule has 1 aromatic heterocycles. The molecule has 0 radical (unpaired) electrons. The van der Waals surface area contributed by atoms with Gasteiger partial charge in [0.1, 0.15) is 0 Å². The number of nitrogens with zero attached hydrogens (tertiary/aromatic N) is 2. The quantitative estimate of drug-likeness (QED) is 0.603. The fourth-order valence-corrected chi connectivity index (χ4v) is 3.79. The predicted octanol–water partition coefficient (Wildman–Crippen LogP) is 2.63. The van der Waals surface area contributed by atoms with Crippen molar-refractivity contribution >= 4 is 17.7 Å². The van der Waals surface area contributed by atoms with Gasteiger partial charge >= 0.3 is 5.97 Å². The third-order valence-corrected chi connectivity index (χ3v) is 5.28. The molecule has 0 saturated carbocycles. The number of aliphatic hydroxyl groups is 1. The van der Waals surface area contributed by atoms with Gasteiger partial charge < -0.3 is 19.1 Å². The number of imidazole rings is 1. The molecule has 7 heteroatoms. The van der Waals surface area contributed by atoms with Crippen molar-refractivity contribution in [3.05, 3.63) is 47.3 Å². The van der Waals surface area contributed by atoms with Gasteiger partial charge in [0, 0.05) is 12.4 Å². The van der Waals surface area contributed by atoms with Gasteiger partial charge in [-0.3, -0.25) is 0 Å². The molecule has 1 atom stereocenters. The highest BCUT2D eigenvalue weighted by Crippen LogP contribution is 2.25. The van der Waals surface area contributed by atoms with Gasteiger partial charge in [0.2, 0.25) is 0 Å². The molecular weight excluding hydrogens is 340 g/mol. The molecule has 2 aromatic rings. The number of hydrogen-bond acceptors (Lipinski definition) is 6. The SMILES string of the molecule is COC(=O)c1ccc(CSc2ncc(CO)n2C[C@@H]2CCCO2)cc1. The van der Waals surface area contributed by atoms with Gasteiger partial charge in [0.05, 0.1) is 43.8 Å². The number of benzene rings is 1. The number of thioether (sulfide) groups is 1. The Morgan fingerprint density at radius 1 is 1.44 bits per heavy atom. The minimum Gasteiger partial charge on any atom is -0.465 e. The van der Waals surface area contributed by atoms with E-state index in [0.29, 0.717) is 5.56 Å². The van der Waals surface area contributed by atoms with Crippen molar-refractivity contribution in [2.75, 3.05) is 13.7 Å². The van der Waals surface area contributed by atoms with Crippen molar-refractivity contribution in [3.63, 3.8) is 0 Å². The van der Waals surface area contributed by atoms with Gasteiger partial charge in [-0.25, -0.2) is 9.78 Å². The van der Waals surface area contributed by atoms with Crippen molar-refractivity contribution < 1.29 is 19.4 Å². The normalized spacial score (nSPS) is 17.0. The molecule has 1 aliphatic rings.